The molecule has 0 N–H and O–H groups in total. The fourth-order valence-electron chi connectivity index (χ4n) is 1.52. The first kappa shape index (κ1) is 12.6. The molecule has 0 radical (unpaired) electrons. The lowest BCUT2D eigenvalue weighted by Crippen LogP contribution is -2.23. The molecule has 0 aliphatic carbocycles. The Bertz CT molecular complexity index is 349. The molecule has 0 saturated carbocycles. The van der Waals surface area contributed by atoms with E-state index in [0.29, 0.717) is 0 Å². The van der Waals surface area contributed by atoms with Crippen molar-refractivity contribution in [3.63, 3.8) is 0 Å². The molecule has 16 heavy (non-hydrogen) atoms. The standard InChI is InChI=1S/C12H16FNO2/c1-14(2)11(8-12(15)16-3)9-4-6-10(13)7-5-9/h4-7,11H,8H2,1-3H3. The lowest BCUT2D eigenvalue weighted by atomic mass is 10.0. The minimum atomic E-state index is -0.278. The average Bonchev–Trinajstić information content (AvgIpc) is 2.26. The summed E-state index contributed by atoms with van der Waals surface area (Å²) in [5.41, 5.74) is 0.900. The van der Waals surface area contributed by atoms with Crippen LogP contribution in [-0.2, 0) is 9.53 Å². The number of methoxy groups -OCH3 is 1. The third-order valence-corrected chi connectivity index (χ3v) is 2.47. The Labute approximate surface area is 94.8 Å². The smallest absolute Gasteiger partial charge is 0.307 e. The van der Waals surface area contributed by atoms with Crippen molar-refractivity contribution in [2.75, 3.05) is 21.2 Å². The van der Waals surface area contributed by atoms with E-state index in [0.717, 1.165) is 5.56 Å². The minimum Gasteiger partial charge on any atom is -0.469 e. The first-order valence-corrected chi connectivity index (χ1v) is 5.03. The van der Waals surface area contributed by atoms with Gasteiger partial charge in [-0.25, -0.2) is 4.39 Å². The van der Waals surface area contributed by atoms with Crippen molar-refractivity contribution in [2.45, 2.75) is 12.5 Å². The van der Waals surface area contributed by atoms with E-state index < -0.39 is 0 Å². The van der Waals surface area contributed by atoms with Crippen LogP contribution >= 0.6 is 0 Å². The molecule has 0 fully saturated rings. The van der Waals surface area contributed by atoms with Crippen LogP contribution in [0.25, 0.3) is 0 Å². The zero-order valence-electron chi connectivity index (χ0n) is 9.74. The summed E-state index contributed by atoms with van der Waals surface area (Å²) in [6.07, 6.45) is 0.259. The van der Waals surface area contributed by atoms with Crippen molar-refractivity contribution in [1.82, 2.24) is 4.90 Å². The van der Waals surface area contributed by atoms with Crippen molar-refractivity contribution in [3.8, 4) is 0 Å². The quantitative estimate of drug-likeness (QED) is 0.734. The first-order chi connectivity index (χ1) is 7.54. The van der Waals surface area contributed by atoms with Crippen molar-refractivity contribution in [1.29, 1.82) is 0 Å². The largest absolute Gasteiger partial charge is 0.469 e. The van der Waals surface area contributed by atoms with Gasteiger partial charge in [-0.1, -0.05) is 12.1 Å². The Morgan fingerprint density at radius 2 is 1.94 bits per heavy atom. The number of hydrogen-bond donors (Lipinski definition) is 0. The number of ether oxygens (including phenoxy) is 1. The average molecular weight is 225 g/mol. The summed E-state index contributed by atoms with van der Waals surface area (Å²) < 4.78 is 17.4. The number of carbonyl (C=O) groups excluding carboxylic acids is 1. The van der Waals surface area contributed by atoms with Crippen LogP contribution in [0, 0.1) is 5.82 Å². The Balaban J connectivity index is 2.85. The third-order valence-electron chi connectivity index (χ3n) is 2.47. The lowest BCUT2D eigenvalue weighted by molar-refractivity contribution is -0.141. The third kappa shape index (κ3) is 3.31. The fourth-order valence-corrected chi connectivity index (χ4v) is 1.52. The molecule has 0 spiro atoms. The molecule has 0 aromatic heterocycles. The van der Waals surface area contributed by atoms with Gasteiger partial charge in [0.05, 0.1) is 13.5 Å². The molecule has 0 saturated heterocycles. The SMILES string of the molecule is COC(=O)CC(c1ccc(F)cc1)N(C)C. The highest BCUT2D eigenvalue weighted by Gasteiger charge is 2.18. The Morgan fingerprint density at radius 3 is 2.38 bits per heavy atom. The number of rotatable bonds is 4. The number of carbonyl (C=O) groups is 1. The molecule has 1 aromatic carbocycles. The van der Waals surface area contributed by atoms with Gasteiger partial charge in [-0.2, -0.15) is 0 Å². The summed E-state index contributed by atoms with van der Waals surface area (Å²) in [4.78, 5) is 13.2. The second kappa shape index (κ2) is 5.61. The molecule has 88 valence electrons. The number of hydrogen-bond acceptors (Lipinski definition) is 3. The fraction of sp³-hybridized carbons (Fsp3) is 0.417. The van der Waals surface area contributed by atoms with Crippen LogP contribution in [0.1, 0.15) is 18.0 Å². The molecule has 0 heterocycles. The van der Waals surface area contributed by atoms with Gasteiger partial charge in [0.25, 0.3) is 0 Å². The van der Waals surface area contributed by atoms with Gasteiger partial charge in [0.2, 0.25) is 0 Å². The van der Waals surface area contributed by atoms with E-state index in [1.807, 2.05) is 19.0 Å². The van der Waals surface area contributed by atoms with E-state index in [2.05, 4.69) is 4.74 Å². The van der Waals surface area contributed by atoms with E-state index in [1.165, 1.54) is 19.2 Å². The first-order valence-electron chi connectivity index (χ1n) is 5.03. The Morgan fingerprint density at radius 1 is 1.38 bits per heavy atom. The van der Waals surface area contributed by atoms with Crippen molar-refractivity contribution < 1.29 is 13.9 Å². The van der Waals surface area contributed by atoms with Crippen molar-refractivity contribution in [2.24, 2.45) is 0 Å². The zero-order valence-corrected chi connectivity index (χ0v) is 9.74. The number of nitrogens with zero attached hydrogens (tertiary/aromatic N) is 1. The van der Waals surface area contributed by atoms with E-state index in [1.54, 1.807) is 12.1 Å². The van der Waals surface area contributed by atoms with Gasteiger partial charge in [-0.15, -0.1) is 0 Å². The maximum Gasteiger partial charge on any atom is 0.307 e. The van der Waals surface area contributed by atoms with Crippen molar-refractivity contribution in [3.05, 3.63) is 35.6 Å². The van der Waals surface area contributed by atoms with Gasteiger partial charge in [0.1, 0.15) is 5.82 Å². The number of halogens is 1. The molecule has 0 bridgehead atoms. The Hall–Kier alpha value is -1.42. The van der Waals surface area contributed by atoms with Gasteiger partial charge < -0.3 is 9.64 Å². The predicted molar refractivity (Wildman–Crippen MR) is 59.5 cm³/mol. The highest BCUT2D eigenvalue weighted by Crippen LogP contribution is 2.22. The lowest BCUT2D eigenvalue weighted by Gasteiger charge is -2.23. The molecule has 1 unspecified atom stereocenters. The molecule has 0 aliphatic heterocycles. The van der Waals surface area contributed by atoms with Crippen molar-refractivity contribution >= 4 is 5.97 Å². The van der Waals surface area contributed by atoms with Crippen LogP contribution < -0.4 is 0 Å². The summed E-state index contributed by atoms with van der Waals surface area (Å²) in [5.74, 6) is -0.553. The van der Waals surface area contributed by atoms with Gasteiger partial charge in [0.15, 0.2) is 0 Å². The van der Waals surface area contributed by atoms with Crippen LogP contribution in [0.2, 0.25) is 0 Å². The minimum absolute atomic E-state index is 0.0898. The van der Waals surface area contributed by atoms with E-state index >= 15 is 0 Å². The summed E-state index contributed by atoms with van der Waals surface area (Å²) in [5, 5.41) is 0. The molecular weight excluding hydrogens is 209 g/mol. The second-order valence-electron chi connectivity index (χ2n) is 3.81. The Kier molecular flexibility index (Phi) is 4.43. The van der Waals surface area contributed by atoms with Crippen LogP contribution in [0.5, 0.6) is 0 Å². The van der Waals surface area contributed by atoms with Crippen LogP contribution in [0.15, 0.2) is 24.3 Å². The molecule has 1 atom stereocenters. The maximum absolute atomic E-state index is 12.8. The summed E-state index contributed by atoms with van der Waals surface area (Å²) >= 11 is 0. The molecule has 1 aromatic rings. The maximum atomic E-state index is 12.8. The highest BCUT2D eigenvalue weighted by molar-refractivity contribution is 5.70. The van der Waals surface area contributed by atoms with Crippen LogP contribution in [0.4, 0.5) is 4.39 Å². The number of esters is 1. The zero-order chi connectivity index (χ0) is 12.1. The summed E-state index contributed by atoms with van der Waals surface area (Å²) in [6, 6.07) is 6.06. The topological polar surface area (TPSA) is 29.5 Å². The summed E-state index contributed by atoms with van der Waals surface area (Å²) in [6.45, 7) is 0. The summed E-state index contributed by atoms with van der Waals surface area (Å²) in [7, 11) is 5.10. The molecule has 0 aliphatic rings. The van der Waals surface area contributed by atoms with Crippen LogP contribution in [-0.4, -0.2) is 32.1 Å². The normalized spacial score (nSPS) is 12.6. The molecule has 4 heteroatoms. The van der Waals surface area contributed by atoms with E-state index in [-0.39, 0.29) is 24.2 Å². The van der Waals surface area contributed by atoms with E-state index in [9.17, 15) is 9.18 Å². The second-order valence-corrected chi connectivity index (χ2v) is 3.81. The molecule has 3 nitrogen and oxygen atoms in total. The van der Waals surface area contributed by atoms with Gasteiger partial charge in [0, 0.05) is 6.04 Å². The van der Waals surface area contributed by atoms with Gasteiger partial charge in [-0.05, 0) is 31.8 Å². The molecule has 1 rings (SSSR count). The molecular formula is C12H16FNO2. The van der Waals surface area contributed by atoms with Gasteiger partial charge in [-0.3, -0.25) is 4.79 Å². The highest BCUT2D eigenvalue weighted by atomic mass is 19.1. The molecule has 0 amide bonds. The van der Waals surface area contributed by atoms with Crippen LogP contribution in [0.3, 0.4) is 0 Å². The van der Waals surface area contributed by atoms with E-state index in [4.69, 9.17) is 0 Å². The predicted octanol–water partition coefficient (Wildman–Crippen LogP) is 1.99. The number of benzene rings is 1. The monoisotopic (exact) mass is 225 g/mol. The van der Waals surface area contributed by atoms with Gasteiger partial charge >= 0.3 is 5.97 Å².